The van der Waals surface area contributed by atoms with Gasteiger partial charge >= 0.3 is 5.76 Å². The Labute approximate surface area is 135 Å². The minimum atomic E-state index is -0.351. The maximum Gasteiger partial charge on any atom is 0.419 e. The van der Waals surface area contributed by atoms with Crippen LogP contribution in [-0.4, -0.2) is 4.57 Å². The van der Waals surface area contributed by atoms with E-state index in [-0.39, 0.29) is 11.1 Å². The van der Waals surface area contributed by atoms with Crippen molar-refractivity contribution in [1.82, 2.24) is 4.57 Å². The van der Waals surface area contributed by atoms with Crippen LogP contribution < -0.4 is 5.76 Å². The molecule has 1 atom stereocenters. The molecule has 0 aliphatic rings. The molecule has 0 bridgehead atoms. The molecule has 0 radical (unpaired) electrons. The Bertz CT molecular complexity index is 862. The second kappa shape index (κ2) is 5.52. The summed E-state index contributed by atoms with van der Waals surface area (Å²) in [7, 11) is 0. The summed E-state index contributed by atoms with van der Waals surface area (Å²) in [6.07, 6.45) is 0. The molecule has 0 aliphatic heterocycles. The topological polar surface area (TPSA) is 35.1 Å². The fraction of sp³-hybridized carbons (Fsp3) is 0.267. The lowest BCUT2D eigenvalue weighted by molar-refractivity contribution is 0.513. The zero-order valence-electron chi connectivity index (χ0n) is 11.5. The van der Waals surface area contributed by atoms with Gasteiger partial charge < -0.3 is 4.42 Å². The molecule has 0 saturated carbocycles. The van der Waals surface area contributed by atoms with E-state index in [1.54, 1.807) is 4.57 Å². The van der Waals surface area contributed by atoms with E-state index < -0.39 is 0 Å². The summed E-state index contributed by atoms with van der Waals surface area (Å²) in [5.74, 6) is -0.347. The van der Waals surface area contributed by atoms with E-state index in [1.165, 1.54) is 11.3 Å². The fourth-order valence-electron chi connectivity index (χ4n) is 2.31. The number of halogens is 2. The third-order valence-electron chi connectivity index (χ3n) is 3.46. The maximum atomic E-state index is 11.7. The average molecular weight is 342 g/mol. The molecular weight excluding hydrogens is 329 g/mol. The molecule has 1 aromatic carbocycles. The molecule has 0 spiro atoms. The second-order valence-electron chi connectivity index (χ2n) is 4.80. The Morgan fingerprint density at radius 1 is 1.43 bits per heavy atom. The Hall–Kier alpha value is -1.23. The van der Waals surface area contributed by atoms with Gasteiger partial charge in [-0.05, 0) is 42.5 Å². The smallest absolute Gasteiger partial charge is 0.408 e. The second-order valence-corrected chi connectivity index (χ2v) is 6.52. The highest BCUT2D eigenvalue weighted by molar-refractivity contribution is 7.11. The van der Waals surface area contributed by atoms with E-state index in [1.807, 2.05) is 37.4 Å². The van der Waals surface area contributed by atoms with Gasteiger partial charge in [-0.15, -0.1) is 22.9 Å². The van der Waals surface area contributed by atoms with Gasteiger partial charge in [0.15, 0.2) is 5.58 Å². The molecule has 2 aromatic heterocycles. The van der Waals surface area contributed by atoms with Crippen molar-refractivity contribution in [2.24, 2.45) is 0 Å². The molecule has 0 amide bonds. The van der Waals surface area contributed by atoms with Crippen molar-refractivity contribution in [3.8, 4) is 0 Å². The molecular formula is C15H13Cl2NO2S. The fourth-order valence-corrected chi connectivity index (χ4v) is 4.07. The summed E-state index contributed by atoms with van der Waals surface area (Å²) in [4.78, 5) is 12.6. The number of thiophene rings is 1. The number of hydrogen-bond donors (Lipinski definition) is 0. The van der Waals surface area contributed by atoms with Gasteiger partial charge in [-0.25, -0.2) is 4.79 Å². The first-order valence-corrected chi connectivity index (χ1v) is 8.23. The van der Waals surface area contributed by atoms with Crippen LogP contribution in [0.1, 0.15) is 28.3 Å². The van der Waals surface area contributed by atoms with E-state index in [9.17, 15) is 4.79 Å². The number of nitrogens with zero attached hydrogens (tertiary/aromatic N) is 1. The normalized spacial score (nSPS) is 13.0. The average Bonchev–Trinajstić information content (AvgIpc) is 2.97. The molecule has 3 aromatic rings. The number of aryl methyl sites for hydroxylation is 2. The number of fused-ring (bicyclic) bond motifs is 1. The summed E-state index contributed by atoms with van der Waals surface area (Å²) >= 11 is 14.3. The van der Waals surface area contributed by atoms with Crippen molar-refractivity contribution in [1.29, 1.82) is 0 Å². The van der Waals surface area contributed by atoms with Gasteiger partial charge in [-0.1, -0.05) is 17.7 Å². The predicted molar refractivity (Wildman–Crippen MR) is 87.9 cm³/mol. The van der Waals surface area contributed by atoms with Crippen LogP contribution in [0.3, 0.4) is 0 Å². The zero-order valence-corrected chi connectivity index (χ0v) is 13.9. The van der Waals surface area contributed by atoms with Gasteiger partial charge in [-0.2, -0.15) is 0 Å². The van der Waals surface area contributed by atoms with Crippen LogP contribution in [0.2, 0.25) is 5.02 Å². The van der Waals surface area contributed by atoms with E-state index in [0.29, 0.717) is 17.2 Å². The van der Waals surface area contributed by atoms with Crippen LogP contribution in [0.15, 0.2) is 32.8 Å². The number of hydrogen-bond acceptors (Lipinski definition) is 3. The maximum absolute atomic E-state index is 11.7. The quantitative estimate of drug-likeness (QED) is 0.630. The number of benzene rings is 1. The summed E-state index contributed by atoms with van der Waals surface area (Å²) in [6, 6.07) is 5.58. The lowest BCUT2D eigenvalue weighted by Crippen LogP contribution is -2.11. The van der Waals surface area contributed by atoms with Gasteiger partial charge in [0.25, 0.3) is 0 Å². The van der Waals surface area contributed by atoms with Gasteiger partial charge in [0.1, 0.15) is 0 Å². The SMILES string of the molecule is CCn1c(=O)oc2cc(C(Cl)c3scc(C)c3Cl)ccc21. The van der Waals surface area contributed by atoms with E-state index in [0.717, 1.165) is 21.5 Å². The summed E-state index contributed by atoms with van der Waals surface area (Å²) in [5.41, 5.74) is 3.22. The standard InChI is InChI=1S/C15H13Cl2NO2S/c1-3-18-10-5-4-9(6-11(10)20-15(18)19)13(17)14-12(16)8(2)7-21-14/h4-7,13H,3H2,1-2H3. The monoisotopic (exact) mass is 341 g/mol. The molecule has 1 unspecified atom stereocenters. The van der Waals surface area contributed by atoms with Gasteiger partial charge in [0.2, 0.25) is 0 Å². The molecule has 0 saturated heterocycles. The van der Waals surface area contributed by atoms with Gasteiger partial charge in [0, 0.05) is 11.4 Å². The minimum Gasteiger partial charge on any atom is -0.408 e. The van der Waals surface area contributed by atoms with Crippen LogP contribution in [0.4, 0.5) is 0 Å². The first-order valence-electron chi connectivity index (χ1n) is 6.53. The minimum absolute atomic E-state index is 0.347. The predicted octanol–water partition coefficient (Wildman–Crippen LogP) is 4.97. The number of rotatable bonds is 3. The lowest BCUT2D eigenvalue weighted by Gasteiger charge is -2.09. The largest absolute Gasteiger partial charge is 0.419 e. The van der Waals surface area contributed by atoms with Crippen LogP contribution in [0.5, 0.6) is 0 Å². The molecule has 3 nitrogen and oxygen atoms in total. The summed E-state index contributed by atoms with van der Waals surface area (Å²) in [6.45, 7) is 4.43. The highest BCUT2D eigenvalue weighted by Crippen LogP contribution is 2.40. The highest BCUT2D eigenvalue weighted by Gasteiger charge is 2.19. The third kappa shape index (κ3) is 2.41. The molecule has 0 fully saturated rings. The molecule has 2 heterocycles. The van der Waals surface area contributed by atoms with E-state index >= 15 is 0 Å². The number of aromatic nitrogens is 1. The van der Waals surface area contributed by atoms with Crippen molar-refractivity contribution in [2.75, 3.05) is 0 Å². The van der Waals surface area contributed by atoms with Crippen molar-refractivity contribution in [3.63, 3.8) is 0 Å². The molecule has 0 aliphatic carbocycles. The zero-order chi connectivity index (χ0) is 15.1. The van der Waals surface area contributed by atoms with Crippen molar-refractivity contribution < 1.29 is 4.42 Å². The Kier molecular flexibility index (Phi) is 3.86. The van der Waals surface area contributed by atoms with Crippen LogP contribution in [0, 0.1) is 6.92 Å². The summed E-state index contributed by atoms with van der Waals surface area (Å²) < 4.78 is 6.86. The molecule has 110 valence electrons. The Morgan fingerprint density at radius 2 is 2.19 bits per heavy atom. The van der Waals surface area contributed by atoms with Gasteiger partial charge in [0.05, 0.1) is 15.9 Å². The summed E-state index contributed by atoms with van der Waals surface area (Å²) in [5, 5.41) is 2.34. The van der Waals surface area contributed by atoms with E-state index in [2.05, 4.69) is 0 Å². The lowest BCUT2D eigenvalue weighted by atomic mass is 10.1. The van der Waals surface area contributed by atoms with Crippen molar-refractivity contribution in [3.05, 3.63) is 55.2 Å². The van der Waals surface area contributed by atoms with Crippen molar-refractivity contribution >= 4 is 45.6 Å². The first-order chi connectivity index (χ1) is 10.0. The number of oxazole rings is 1. The van der Waals surface area contributed by atoms with E-state index in [4.69, 9.17) is 27.6 Å². The van der Waals surface area contributed by atoms with Crippen LogP contribution >= 0.6 is 34.5 Å². The molecule has 21 heavy (non-hydrogen) atoms. The molecule has 6 heteroatoms. The molecule has 3 rings (SSSR count). The Balaban J connectivity index is 2.09. The molecule has 0 N–H and O–H groups in total. The third-order valence-corrected chi connectivity index (χ3v) is 5.84. The van der Waals surface area contributed by atoms with Crippen LogP contribution in [0.25, 0.3) is 11.1 Å². The first kappa shape index (κ1) is 14.7. The number of alkyl halides is 1. The Morgan fingerprint density at radius 3 is 2.81 bits per heavy atom. The highest BCUT2D eigenvalue weighted by atomic mass is 35.5. The van der Waals surface area contributed by atoms with Crippen molar-refractivity contribution in [2.45, 2.75) is 25.8 Å². The van der Waals surface area contributed by atoms with Gasteiger partial charge in [-0.3, -0.25) is 4.57 Å². The van der Waals surface area contributed by atoms with Crippen LogP contribution in [-0.2, 0) is 6.54 Å².